The van der Waals surface area contributed by atoms with Gasteiger partial charge in [-0.05, 0) is 42.0 Å². The van der Waals surface area contributed by atoms with E-state index in [0.29, 0.717) is 29.6 Å². The van der Waals surface area contributed by atoms with Crippen LogP contribution in [0.25, 0.3) is 11.4 Å². The second kappa shape index (κ2) is 9.34. The fraction of sp³-hybridized carbons (Fsp3) is 0.160. The van der Waals surface area contributed by atoms with E-state index in [2.05, 4.69) is 27.5 Å². The zero-order chi connectivity index (χ0) is 22.5. The molecule has 0 aliphatic rings. The Bertz CT molecular complexity index is 1180. The van der Waals surface area contributed by atoms with Crippen molar-refractivity contribution in [2.24, 2.45) is 0 Å². The van der Waals surface area contributed by atoms with Crippen molar-refractivity contribution in [3.63, 3.8) is 0 Å². The quantitative estimate of drug-likeness (QED) is 0.474. The summed E-state index contributed by atoms with van der Waals surface area (Å²) in [6, 6.07) is 24.7. The largest absolute Gasteiger partial charge is 0.497 e. The molecule has 0 unspecified atom stereocenters. The number of rotatable bonds is 7. The van der Waals surface area contributed by atoms with E-state index in [1.807, 2.05) is 61.5 Å². The van der Waals surface area contributed by atoms with Gasteiger partial charge in [-0.25, -0.2) is 0 Å². The molecule has 0 fully saturated rings. The Balaban J connectivity index is 1.63. The van der Waals surface area contributed by atoms with E-state index in [4.69, 9.17) is 4.74 Å². The van der Waals surface area contributed by atoms with E-state index in [9.17, 15) is 4.79 Å². The highest BCUT2D eigenvalue weighted by atomic mass is 16.5. The number of nitrogens with zero attached hydrogens (tertiary/aromatic N) is 4. The van der Waals surface area contributed by atoms with E-state index in [-0.39, 0.29) is 5.91 Å². The van der Waals surface area contributed by atoms with Crippen LogP contribution < -0.4 is 15.0 Å². The lowest BCUT2D eigenvalue weighted by atomic mass is 10.2. The highest BCUT2D eigenvalue weighted by molar-refractivity contribution is 5.97. The molecule has 32 heavy (non-hydrogen) atoms. The van der Waals surface area contributed by atoms with Gasteiger partial charge in [-0.1, -0.05) is 42.5 Å². The minimum atomic E-state index is -0.271. The van der Waals surface area contributed by atoms with E-state index in [0.717, 1.165) is 16.8 Å². The Morgan fingerprint density at radius 1 is 0.969 bits per heavy atom. The lowest BCUT2D eigenvalue weighted by molar-refractivity contribution is 0.0947. The molecular formula is C25H25N5O2. The fourth-order valence-corrected chi connectivity index (χ4v) is 3.23. The first-order valence-electron chi connectivity index (χ1n) is 10.3. The van der Waals surface area contributed by atoms with Crippen LogP contribution in [0, 0.1) is 0 Å². The lowest BCUT2D eigenvalue weighted by Gasteiger charge is -2.13. The number of hydrogen-bond donors (Lipinski definition) is 1. The molecule has 0 bridgehead atoms. The van der Waals surface area contributed by atoms with Crippen molar-refractivity contribution in [3.05, 3.63) is 90.0 Å². The van der Waals surface area contributed by atoms with Gasteiger partial charge in [-0.15, -0.1) is 5.10 Å². The number of carbonyl (C=O) groups is 1. The van der Waals surface area contributed by atoms with Gasteiger partial charge in [0.15, 0.2) is 5.82 Å². The molecule has 1 aromatic heterocycles. The van der Waals surface area contributed by atoms with Gasteiger partial charge in [0.25, 0.3) is 5.91 Å². The normalized spacial score (nSPS) is 10.6. The van der Waals surface area contributed by atoms with Gasteiger partial charge >= 0.3 is 0 Å². The van der Waals surface area contributed by atoms with Gasteiger partial charge in [0, 0.05) is 37.5 Å². The number of aromatic nitrogens is 3. The summed E-state index contributed by atoms with van der Waals surface area (Å²) in [6.07, 6.45) is 0. The molecule has 0 radical (unpaired) electrons. The highest BCUT2D eigenvalue weighted by Gasteiger charge is 2.19. The SMILES string of the molecule is COc1ccc(C(=O)n2nc(-c3ccccc3)nc2NCc2ccc(N(C)C)cc2)cc1. The van der Waals surface area contributed by atoms with Crippen molar-refractivity contribution in [1.82, 2.24) is 14.8 Å². The summed E-state index contributed by atoms with van der Waals surface area (Å²) in [4.78, 5) is 19.9. The summed E-state index contributed by atoms with van der Waals surface area (Å²) in [6.45, 7) is 0.510. The number of methoxy groups -OCH3 is 1. The first-order valence-corrected chi connectivity index (χ1v) is 10.3. The van der Waals surface area contributed by atoms with Crippen LogP contribution in [-0.4, -0.2) is 41.9 Å². The molecule has 7 heteroatoms. The van der Waals surface area contributed by atoms with Crippen molar-refractivity contribution in [2.45, 2.75) is 6.54 Å². The zero-order valence-corrected chi connectivity index (χ0v) is 18.3. The molecular weight excluding hydrogens is 402 g/mol. The Morgan fingerprint density at radius 2 is 1.66 bits per heavy atom. The van der Waals surface area contributed by atoms with Crippen LogP contribution in [-0.2, 0) is 6.54 Å². The number of nitrogens with one attached hydrogen (secondary N) is 1. The maximum Gasteiger partial charge on any atom is 0.281 e. The first-order chi connectivity index (χ1) is 15.5. The summed E-state index contributed by atoms with van der Waals surface area (Å²) in [7, 11) is 5.60. The van der Waals surface area contributed by atoms with Crippen molar-refractivity contribution < 1.29 is 9.53 Å². The summed E-state index contributed by atoms with van der Waals surface area (Å²) in [5, 5.41) is 7.78. The topological polar surface area (TPSA) is 72.3 Å². The van der Waals surface area contributed by atoms with Crippen LogP contribution in [0.4, 0.5) is 11.6 Å². The molecule has 4 aromatic rings. The summed E-state index contributed by atoms with van der Waals surface area (Å²) in [5.74, 6) is 1.29. The Labute approximate surface area is 187 Å². The van der Waals surface area contributed by atoms with Gasteiger partial charge in [0.2, 0.25) is 5.95 Å². The number of anilines is 2. The van der Waals surface area contributed by atoms with Crippen LogP contribution in [0.5, 0.6) is 5.75 Å². The van der Waals surface area contributed by atoms with Gasteiger partial charge in [0.1, 0.15) is 5.75 Å². The van der Waals surface area contributed by atoms with Crippen molar-refractivity contribution in [1.29, 1.82) is 0 Å². The molecule has 7 nitrogen and oxygen atoms in total. The van der Waals surface area contributed by atoms with Crippen molar-refractivity contribution >= 4 is 17.5 Å². The maximum absolute atomic E-state index is 13.2. The zero-order valence-electron chi connectivity index (χ0n) is 18.3. The van der Waals surface area contributed by atoms with E-state index >= 15 is 0 Å². The molecule has 3 aromatic carbocycles. The second-order valence-corrected chi connectivity index (χ2v) is 7.48. The third kappa shape index (κ3) is 4.62. The predicted octanol–water partition coefficient (Wildman–Crippen LogP) is 4.32. The molecule has 4 rings (SSSR count). The molecule has 0 aliphatic heterocycles. The molecule has 0 amide bonds. The molecule has 0 saturated carbocycles. The number of ether oxygens (including phenoxy) is 1. The van der Waals surface area contributed by atoms with E-state index in [1.54, 1.807) is 31.4 Å². The number of carbonyl (C=O) groups excluding carboxylic acids is 1. The van der Waals surface area contributed by atoms with E-state index < -0.39 is 0 Å². The molecule has 0 saturated heterocycles. The first kappa shape index (κ1) is 21.1. The van der Waals surface area contributed by atoms with Crippen LogP contribution in [0.1, 0.15) is 15.9 Å². The maximum atomic E-state index is 13.2. The smallest absolute Gasteiger partial charge is 0.281 e. The summed E-state index contributed by atoms with van der Waals surface area (Å²) in [5.41, 5.74) is 3.53. The Kier molecular flexibility index (Phi) is 6.17. The van der Waals surface area contributed by atoms with Crippen LogP contribution in [0.3, 0.4) is 0 Å². The second-order valence-electron chi connectivity index (χ2n) is 7.48. The molecule has 1 N–H and O–H groups in total. The highest BCUT2D eigenvalue weighted by Crippen LogP contribution is 2.21. The van der Waals surface area contributed by atoms with Gasteiger partial charge in [-0.2, -0.15) is 9.67 Å². The fourth-order valence-electron chi connectivity index (χ4n) is 3.23. The van der Waals surface area contributed by atoms with Crippen LogP contribution in [0.2, 0.25) is 0 Å². The minimum Gasteiger partial charge on any atom is -0.497 e. The Morgan fingerprint density at radius 3 is 2.28 bits per heavy atom. The molecule has 0 aliphatic carbocycles. The average Bonchev–Trinajstić information content (AvgIpc) is 3.27. The molecule has 1 heterocycles. The molecule has 162 valence electrons. The number of benzene rings is 3. The van der Waals surface area contributed by atoms with Crippen molar-refractivity contribution in [3.8, 4) is 17.1 Å². The van der Waals surface area contributed by atoms with Gasteiger partial charge < -0.3 is 15.0 Å². The minimum absolute atomic E-state index is 0.271. The van der Waals surface area contributed by atoms with Crippen LogP contribution >= 0.6 is 0 Å². The van der Waals surface area contributed by atoms with Crippen molar-refractivity contribution in [2.75, 3.05) is 31.4 Å². The predicted molar refractivity (Wildman–Crippen MR) is 126 cm³/mol. The third-order valence-corrected chi connectivity index (χ3v) is 5.07. The molecule has 0 spiro atoms. The van der Waals surface area contributed by atoms with Gasteiger partial charge in [0.05, 0.1) is 7.11 Å². The Hall–Kier alpha value is -4.13. The average molecular weight is 428 g/mol. The standard InChI is InChI=1S/C25H25N5O2/c1-29(2)21-13-9-18(10-14-21)17-26-25-27-23(19-7-5-4-6-8-19)28-30(25)24(31)20-11-15-22(32-3)16-12-20/h4-16H,17H2,1-3H3,(H,26,27,28). The third-order valence-electron chi connectivity index (χ3n) is 5.07. The monoisotopic (exact) mass is 427 g/mol. The number of hydrogen-bond acceptors (Lipinski definition) is 6. The lowest BCUT2D eigenvalue weighted by Crippen LogP contribution is -2.17. The van der Waals surface area contributed by atoms with Crippen LogP contribution in [0.15, 0.2) is 78.9 Å². The summed E-state index contributed by atoms with van der Waals surface area (Å²) < 4.78 is 6.51. The van der Waals surface area contributed by atoms with E-state index in [1.165, 1.54) is 4.68 Å². The van der Waals surface area contributed by atoms with Gasteiger partial charge in [-0.3, -0.25) is 4.79 Å². The molecule has 0 atom stereocenters. The summed E-state index contributed by atoms with van der Waals surface area (Å²) >= 11 is 0.